The first-order valence-corrected chi connectivity index (χ1v) is 9.80. The summed E-state index contributed by atoms with van der Waals surface area (Å²) < 4.78 is 35.5. The fourth-order valence-electron chi connectivity index (χ4n) is 2.71. The summed E-state index contributed by atoms with van der Waals surface area (Å²) in [4.78, 5) is 25.5. The Morgan fingerprint density at radius 1 is 1.15 bits per heavy atom. The molecule has 8 heteroatoms. The maximum atomic E-state index is 12.4. The Hall–Kier alpha value is -1.93. The molecule has 0 bridgehead atoms. The van der Waals surface area contributed by atoms with Gasteiger partial charge in [-0.05, 0) is 46.8 Å². The number of hydrogen-bond acceptors (Lipinski definition) is 6. The summed E-state index contributed by atoms with van der Waals surface area (Å²) >= 11 is 0. The van der Waals surface area contributed by atoms with Crippen LogP contribution in [0.2, 0.25) is 0 Å². The second-order valence-corrected chi connectivity index (χ2v) is 9.05. The Morgan fingerprint density at radius 2 is 1.73 bits per heavy atom. The van der Waals surface area contributed by atoms with Crippen molar-refractivity contribution in [3.8, 4) is 0 Å². The number of ketones is 1. The SMILES string of the molecule is CC(=O)C1CC(OS(=O)(=O)c2ccc(C)cc2)CN1C(=O)OC(C)(C)C. The van der Waals surface area contributed by atoms with E-state index in [-0.39, 0.29) is 23.6 Å². The molecule has 0 spiro atoms. The van der Waals surface area contributed by atoms with Gasteiger partial charge >= 0.3 is 6.09 Å². The van der Waals surface area contributed by atoms with Crippen LogP contribution >= 0.6 is 0 Å². The van der Waals surface area contributed by atoms with Crippen molar-refractivity contribution in [2.75, 3.05) is 6.54 Å². The summed E-state index contributed by atoms with van der Waals surface area (Å²) in [6.07, 6.45) is -1.35. The highest BCUT2D eigenvalue weighted by Gasteiger charge is 2.42. The molecule has 2 unspecified atom stereocenters. The van der Waals surface area contributed by atoms with Crippen LogP contribution in [0.15, 0.2) is 29.2 Å². The molecule has 2 rings (SSSR count). The number of benzene rings is 1. The number of carbonyl (C=O) groups excluding carboxylic acids is 2. The van der Waals surface area contributed by atoms with Gasteiger partial charge in [-0.3, -0.25) is 13.9 Å². The van der Waals surface area contributed by atoms with Gasteiger partial charge < -0.3 is 4.74 Å². The van der Waals surface area contributed by atoms with Crippen molar-refractivity contribution in [1.29, 1.82) is 0 Å². The third kappa shape index (κ3) is 5.04. The van der Waals surface area contributed by atoms with Gasteiger partial charge in [-0.1, -0.05) is 17.7 Å². The third-order valence-corrected chi connectivity index (χ3v) is 5.31. The van der Waals surface area contributed by atoms with Crippen molar-refractivity contribution in [3.05, 3.63) is 29.8 Å². The highest BCUT2D eigenvalue weighted by molar-refractivity contribution is 7.86. The molecule has 7 nitrogen and oxygen atoms in total. The lowest BCUT2D eigenvalue weighted by Crippen LogP contribution is -2.43. The predicted molar refractivity (Wildman–Crippen MR) is 95.3 cm³/mol. The maximum Gasteiger partial charge on any atom is 0.410 e. The number of ether oxygens (including phenoxy) is 1. The second kappa shape index (κ2) is 7.36. The smallest absolute Gasteiger partial charge is 0.410 e. The van der Waals surface area contributed by atoms with E-state index in [4.69, 9.17) is 8.92 Å². The van der Waals surface area contributed by atoms with E-state index in [2.05, 4.69) is 0 Å². The summed E-state index contributed by atoms with van der Waals surface area (Å²) in [6.45, 7) is 8.35. The standard InChI is InChI=1S/C18H25NO6S/c1-12-6-8-15(9-7-12)26(22,23)25-14-10-16(13(2)20)19(11-14)17(21)24-18(3,4)5/h6-9,14,16H,10-11H2,1-5H3. The Bertz CT molecular complexity index is 779. The van der Waals surface area contributed by atoms with Gasteiger partial charge in [0.1, 0.15) is 5.60 Å². The fraction of sp³-hybridized carbons (Fsp3) is 0.556. The van der Waals surface area contributed by atoms with E-state index in [1.54, 1.807) is 32.9 Å². The number of carbonyl (C=O) groups is 2. The van der Waals surface area contributed by atoms with Gasteiger partial charge in [0.05, 0.1) is 23.6 Å². The van der Waals surface area contributed by atoms with Crippen LogP contribution in [0.5, 0.6) is 0 Å². The molecular weight excluding hydrogens is 358 g/mol. The molecule has 1 heterocycles. The molecule has 1 aliphatic heterocycles. The van der Waals surface area contributed by atoms with Gasteiger partial charge in [-0.15, -0.1) is 0 Å². The maximum absolute atomic E-state index is 12.4. The Labute approximate surface area is 154 Å². The van der Waals surface area contributed by atoms with Crippen molar-refractivity contribution in [2.45, 2.75) is 63.7 Å². The molecular formula is C18H25NO6S. The third-order valence-electron chi connectivity index (χ3n) is 3.93. The summed E-state index contributed by atoms with van der Waals surface area (Å²) in [6, 6.07) is 5.52. The van der Waals surface area contributed by atoms with Crippen molar-refractivity contribution in [2.24, 2.45) is 0 Å². The van der Waals surface area contributed by atoms with E-state index in [1.807, 2.05) is 6.92 Å². The summed E-state index contributed by atoms with van der Waals surface area (Å²) in [7, 11) is -3.98. The molecule has 26 heavy (non-hydrogen) atoms. The van der Waals surface area contributed by atoms with Gasteiger partial charge in [0, 0.05) is 6.42 Å². The lowest BCUT2D eigenvalue weighted by Gasteiger charge is -2.27. The molecule has 1 saturated heterocycles. The van der Waals surface area contributed by atoms with Crippen LogP contribution in [0.3, 0.4) is 0 Å². The normalized spacial score (nSPS) is 20.9. The Morgan fingerprint density at radius 3 is 2.23 bits per heavy atom. The molecule has 1 aromatic carbocycles. The monoisotopic (exact) mass is 383 g/mol. The van der Waals surface area contributed by atoms with E-state index in [0.29, 0.717) is 0 Å². The largest absolute Gasteiger partial charge is 0.444 e. The van der Waals surface area contributed by atoms with Crippen LogP contribution in [-0.2, 0) is 23.8 Å². The second-order valence-electron chi connectivity index (χ2n) is 7.48. The van der Waals surface area contributed by atoms with Crippen molar-refractivity contribution < 1.29 is 26.9 Å². The lowest BCUT2D eigenvalue weighted by atomic mass is 10.1. The zero-order valence-electron chi connectivity index (χ0n) is 15.7. The van der Waals surface area contributed by atoms with Crippen molar-refractivity contribution in [3.63, 3.8) is 0 Å². The first-order chi connectivity index (χ1) is 11.9. The molecule has 1 fully saturated rings. The zero-order valence-corrected chi connectivity index (χ0v) is 16.5. The lowest BCUT2D eigenvalue weighted by molar-refractivity contribution is -0.121. The number of aryl methyl sites for hydroxylation is 1. The van der Waals surface area contributed by atoms with Gasteiger partial charge in [-0.2, -0.15) is 8.42 Å². The molecule has 2 atom stereocenters. The minimum Gasteiger partial charge on any atom is -0.444 e. The van der Waals surface area contributed by atoms with Gasteiger partial charge in [0.2, 0.25) is 0 Å². The van der Waals surface area contributed by atoms with Gasteiger partial charge in [0.25, 0.3) is 10.1 Å². The molecule has 0 aromatic heterocycles. The van der Waals surface area contributed by atoms with E-state index in [9.17, 15) is 18.0 Å². The molecule has 1 aromatic rings. The Balaban J connectivity index is 2.15. The molecule has 0 N–H and O–H groups in total. The Kier molecular flexibility index (Phi) is 5.77. The first kappa shape index (κ1) is 20.4. The molecule has 0 saturated carbocycles. The molecule has 1 aliphatic rings. The average Bonchev–Trinajstić information content (AvgIpc) is 2.89. The molecule has 0 aliphatic carbocycles. The zero-order chi connectivity index (χ0) is 19.7. The highest BCUT2D eigenvalue weighted by Crippen LogP contribution is 2.27. The van der Waals surface area contributed by atoms with E-state index < -0.39 is 34.0 Å². The number of nitrogens with zero attached hydrogens (tertiary/aromatic N) is 1. The summed E-state index contributed by atoms with van der Waals surface area (Å²) in [5.41, 5.74) is 0.211. The molecule has 0 radical (unpaired) electrons. The highest BCUT2D eigenvalue weighted by atomic mass is 32.2. The number of rotatable bonds is 4. The summed E-state index contributed by atoms with van der Waals surface area (Å²) in [5, 5.41) is 0. The van der Waals surface area contributed by atoms with Crippen LogP contribution in [-0.4, -0.2) is 49.5 Å². The van der Waals surface area contributed by atoms with Crippen LogP contribution in [0.25, 0.3) is 0 Å². The molecule has 144 valence electrons. The van der Waals surface area contributed by atoms with Crippen LogP contribution in [0.1, 0.15) is 39.7 Å². The van der Waals surface area contributed by atoms with Gasteiger partial charge in [-0.25, -0.2) is 4.79 Å². The van der Waals surface area contributed by atoms with Crippen LogP contribution < -0.4 is 0 Å². The molecule has 1 amide bonds. The van der Waals surface area contributed by atoms with Crippen molar-refractivity contribution >= 4 is 22.0 Å². The number of hydrogen-bond donors (Lipinski definition) is 0. The minimum atomic E-state index is -3.98. The first-order valence-electron chi connectivity index (χ1n) is 8.39. The van der Waals surface area contributed by atoms with Crippen LogP contribution in [0.4, 0.5) is 4.79 Å². The van der Waals surface area contributed by atoms with E-state index in [0.717, 1.165) is 5.56 Å². The quantitative estimate of drug-likeness (QED) is 0.743. The predicted octanol–water partition coefficient (Wildman–Crippen LogP) is 2.67. The van der Waals surface area contributed by atoms with E-state index in [1.165, 1.54) is 24.0 Å². The van der Waals surface area contributed by atoms with Gasteiger partial charge in [0.15, 0.2) is 5.78 Å². The average molecular weight is 383 g/mol. The minimum absolute atomic E-state index is 0.0236. The number of likely N-dealkylation sites (tertiary alicyclic amines) is 1. The number of amides is 1. The van der Waals surface area contributed by atoms with E-state index >= 15 is 0 Å². The fourth-order valence-corrected chi connectivity index (χ4v) is 3.79. The number of Topliss-reactive ketones (excluding diaryl/α,β-unsaturated/α-hetero) is 1. The van der Waals surface area contributed by atoms with Crippen LogP contribution in [0, 0.1) is 6.92 Å². The topological polar surface area (TPSA) is 90.0 Å². The summed E-state index contributed by atoms with van der Waals surface area (Å²) in [5.74, 6) is -0.241. The van der Waals surface area contributed by atoms with Crippen molar-refractivity contribution in [1.82, 2.24) is 4.90 Å².